The second kappa shape index (κ2) is 6.13. The topological polar surface area (TPSA) is 70.8 Å². The van der Waals surface area contributed by atoms with E-state index in [1.54, 1.807) is 0 Å². The lowest BCUT2D eigenvalue weighted by molar-refractivity contribution is -0.315. The molecule has 0 spiro atoms. The smallest absolute Gasteiger partial charge is 0.408 e. The van der Waals surface area contributed by atoms with E-state index in [1.165, 1.54) is 13.0 Å². The first-order valence-corrected chi connectivity index (χ1v) is 6.65. The van der Waals surface area contributed by atoms with Gasteiger partial charge in [0, 0.05) is 19.0 Å². The molecule has 0 aliphatic carbocycles. The molecule has 2 N–H and O–H groups in total. The summed E-state index contributed by atoms with van der Waals surface area (Å²) in [5.41, 5.74) is 5.44. The SMILES string of the molecule is CC(=O)OC1(CCc2cc(C(F)(F)F)ccc2N)OCCO1. The van der Waals surface area contributed by atoms with E-state index >= 15 is 0 Å². The first kappa shape index (κ1) is 16.6. The summed E-state index contributed by atoms with van der Waals surface area (Å²) in [6, 6.07) is 3.10. The molecular weight excluding hydrogens is 303 g/mol. The maximum Gasteiger partial charge on any atom is 0.416 e. The summed E-state index contributed by atoms with van der Waals surface area (Å²) in [6.45, 7) is 1.68. The van der Waals surface area contributed by atoms with Crippen molar-refractivity contribution < 1.29 is 32.2 Å². The Bertz CT molecular complexity index is 554. The monoisotopic (exact) mass is 319 g/mol. The second-order valence-corrected chi connectivity index (χ2v) is 4.88. The number of rotatable bonds is 4. The first-order valence-electron chi connectivity index (χ1n) is 6.65. The number of carbonyl (C=O) groups excluding carboxylic acids is 1. The normalized spacial score (nSPS) is 17.5. The lowest BCUT2D eigenvalue weighted by Gasteiger charge is -2.26. The van der Waals surface area contributed by atoms with Gasteiger partial charge < -0.3 is 19.9 Å². The molecule has 1 saturated heterocycles. The highest BCUT2D eigenvalue weighted by molar-refractivity contribution is 5.66. The summed E-state index contributed by atoms with van der Waals surface area (Å²) in [7, 11) is 0. The van der Waals surface area contributed by atoms with Gasteiger partial charge in [0.2, 0.25) is 0 Å². The van der Waals surface area contributed by atoms with E-state index in [-0.39, 0.29) is 31.7 Å². The average Bonchev–Trinajstić information content (AvgIpc) is 2.84. The van der Waals surface area contributed by atoms with Gasteiger partial charge in [0.15, 0.2) is 0 Å². The highest BCUT2D eigenvalue weighted by Gasteiger charge is 2.40. The van der Waals surface area contributed by atoms with E-state index in [1.807, 2.05) is 0 Å². The number of hydrogen-bond acceptors (Lipinski definition) is 5. The maximum absolute atomic E-state index is 12.7. The first-order chi connectivity index (χ1) is 10.2. The molecule has 2 rings (SSSR count). The molecule has 0 unspecified atom stereocenters. The summed E-state index contributed by atoms with van der Waals surface area (Å²) < 4.78 is 53.8. The minimum Gasteiger partial charge on any atom is -0.408 e. The standard InChI is InChI=1S/C14H16F3NO4/c1-9(19)22-13(20-6-7-21-13)5-4-10-8-11(14(15,16)17)2-3-12(10)18/h2-3,8H,4-7,18H2,1H3. The van der Waals surface area contributed by atoms with Crippen molar-refractivity contribution in [1.82, 2.24) is 0 Å². The van der Waals surface area contributed by atoms with Crippen LogP contribution in [0.25, 0.3) is 0 Å². The third kappa shape index (κ3) is 3.89. The molecule has 0 aromatic heterocycles. The van der Waals surface area contributed by atoms with Crippen LogP contribution < -0.4 is 5.73 Å². The van der Waals surface area contributed by atoms with Gasteiger partial charge >= 0.3 is 18.1 Å². The largest absolute Gasteiger partial charge is 0.416 e. The van der Waals surface area contributed by atoms with Gasteiger partial charge in [-0.1, -0.05) is 0 Å². The van der Waals surface area contributed by atoms with Crippen LogP contribution in [0, 0.1) is 0 Å². The Morgan fingerprint density at radius 1 is 1.36 bits per heavy atom. The average molecular weight is 319 g/mol. The molecule has 1 fully saturated rings. The lowest BCUT2D eigenvalue weighted by Crippen LogP contribution is -2.36. The van der Waals surface area contributed by atoms with Crippen molar-refractivity contribution in [3.63, 3.8) is 0 Å². The number of alkyl halides is 3. The minimum atomic E-state index is -4.45. The van der Waals surface area contributed by atoms with Gasteiger partial charge in [-0.3, -0.25) is 4.79 Å². The molecule has 5 nitrogen and oxygen atoms in total. The maximum atomic E-state index is 12.7. The lowest BCUT2D eigenvalue weighted by atomic mass is 10.0. The van der Waals surface area contributed by atoms with Crippen molar-refractivity contribution in [2.45, 2.75) is 31.9 Å². The number of nitrogen functional groups attached to an aromatic ring is 1. The third-order valence-corrected chi connectivity index (χ3v) is 3.20. The van der Waals surface area contributed by atoms with Crippen LogP contribution in [0.4, 0.5) is 18.9 Å². The predicted molar refractivity (Wildman–Crippen MR) is 70.6 cm³/mol. The number of carbonyl (C=O) groups is 1. The molecule has 1 heterocycles. The number of ether oxygens (including phenoxy) is 3. The summed E-state index contributed by atoms with van der Waals surface area (Å²) in [5.74, 6) is -2.15. The van der Waals surface area contributed by atoms with Crippen LogP contribution in [0.5, 0.6) is 0 Å². The zero-order valence-electron chi connectivity index (χ0n) is 11.9. The summed E-state index contributed by atoms with van der Waals surface area (Å²) in [6.07, 6.45) is -4.28. The van der Waals surface area contributed by atoms with E-state index in [0.717, 1.165) is 12.1 Å². The molecule has 122 valence electrons. The third-order valence-electron chi connectivity index (χ3n) is 3.20. The van der Waals surface area contributed by atoms with E-state index in [4.69, 9.17) is 19.9 Å². The van der Waals surface area contributed by atoms with Crippen molar-refractivity contribution in [3.05, 3.63) is 29.3 Å². The number of benzene rings is 1. The molecule has 1 aliphatic rings. The second-order valence-electron chi connectivity index (χ2n) is 4.88. The summed E-state index contributed by atoms with van der Waals surface area (Å²) in [4.78, 5) is 11.1. The Morgan fingerprint density at radius 3 is 2.55 bits per heavy atom. The van der Waals surface area contributed by atoms with Crippen molar-refractivity contribution in [3.8, 4) is 0 Å². The molecule has 1 aliphatic heterocycles. The number of nitrogens with two attached hydrogens (primary N) is 1. The molecule has 1 aromatic rings. The van der Waals surface area contributed by atoms with Gasteiger partial charge in [0.1, 0.15) is 0 Å². The number of esters is 1. The molecule has 1 aromatic carbocycles. The van der Waals surface area contributed by atoms with Crippen molar-refractivity contribution in [1.29, 1.82) is 0 Å². The van der Waals surface area contributed by atoms with Gasteiger partial charge in [-0.25, -0.2) is 0 Å². The van der Waals surface area contributed by atoms with Gasteiger partial charge in [0.25, 0.3) is 0 Å². The van der Waals surface area contributed by atoms with Crippen LogP contribution in [0.15, 0.2) is 18.2 Å². The van der Waals surface area contributed by atoms with Crippen LogP contribution in [-0.4, -0.2) is 25.2 Å². The quantitative estimate of drug-likeness (QED) is 0.682. The van der Waals surface area contributed by atoms with Crippen molar-refractivity contribution in [2.24, 2.45) is 0 Å². The highest BCUT2D eigenvalue weighted by atomic mass is 19.4. The van der Waals surface area contributed by atoms with Gasteiger partial charge in [-0.15, -0.1) is 0 Å². The van der Waals surface area contributed by atoms with Gasteiger partial charge in [-0.2, -0.15) is 13.2 Å². The summed E-state index contributed by atoms with van der Waals surface area (Å²) in [5, 5.41) is 0. The zero-order chi connectivity index (χ0) is 16.4. The predicted octanol–water partition coefficient (Wildman–Crippen LogP) is 2.48. The van der Waals surface area contributed by atoms with E-state index in [9.17, 15) is 18.0 Å². The molecule has 0 amide bonds. The molecule has 0 saturated carbocycles. The van der Waals surface area contributed by atoms with Gasteiger partial charge in [-0.05, 0) is 30.2 Å². The molecular formula is C14H16F3NO4. The molecule has 8 heteroatoms. The molecule has 0 atom stereocenters. The highest BCUT2D eigenvalue weighted by Crippen LogP contribution is 2.33. The van der Waals surface area contributed by atoms with Crippen LogP contribution in [-0.2, 0) is 31.6 Å². The Kier molecular flexibility index (Phi) is 4.62. The molecule has 0 bridgehead atoms. The zero-order valence-corrected chi connectivity index (χ0v) is 11.9. The number of halogens is 3. The Labute approximate surface area is 125 Å². The molecule has 0 radical (unpaired) electrons. The van der Waals surface area contributed by atoms with Crippen LogP contribution in [0.3, 0.4) is 0 Å². The Balaban J connectivity index is 2.14. The van der Waals surface area contributed by atoms with Crippen LogP contribution >= 0.6 is 0 Å². The van der Waals surface area contributed by atoms with Crippen molar-refractivity contribution >= 4 is 11.7 Å². The van der Waals surface area contributed by atoms with E-state index in [2.05, 4.69) is 0 Å². The Morgan fingerprint density at radius 2 is 2.00 bits per heavy atom. The van der Waals surface area contributed by atoms with E-state index < -0.39 is 23.7 Å². The van der Waals surface area contributed by atoms with E-state index in [0.29, 0.717) is 5.56 Å². The Hall–Kier alpha value is -1.80. The fourth-order valence-electron chi connectivity index (χ4n) is 2.20. The molecule has 22 heavy (non-hydrogen) atoms. The number of aryl methyl sites for hydroxylation is 1. The van der Waals surface area contributed by atoms with Crippen molar-refractivity contribution in [2.75, 3.05) is 18.9 Å². The van der Waals surface area contributed by atoms with Crippen LogP contribution in [0.2, 0.25) is 0 Å². The fraction of sp³-hybridized carbons (Fsp3) is 0.500. The number of anilines is 1. The van der Waals surface area contributed by atoms with Crippen LogP contribution in [0.1, 0.15) is 24.5 Å². The van der Waals surface area contributed by atoms with Gasteiger partial charge in [0.05, 0.1) is 18.8 Å². The fourth-order valence-corrected chi connectivity index (χ4v) is 2.20. The summed E-state index contributed by atoms with van der Waals surface area (Å²) >= 11 is 0. The minimum absolute atomic E-state index is 0.0537. The number of hydrogen-bond donors (Lipinski definition) is 1.